The van der Waals surface area contributed by atoms with Crippen molar-refractivity contribution < 1.29 is 80.2 Å². The van der Waals surface area contributed by atoms with Crippen LogP contribution in [0.5, 0.6) is 0 Å². The van der Waals surface area contributed by atoms with E-state index in [-0.39, 0.29) is 25.7 Å². The van der Waals surface area contributed by atoms with Gasteiger partial charge in [-0.3, -0.25) is 37.3 Å². The standard InChI is InChI=1S/C80H156O17P2/c1-9-72(7)58-50-42-34-26-20-13-11-12-14-22-28-38-46-54-62-79(84)96-75(66-90-77(82)60-52-44-36-27-21-16-15-18-24-32-40-48-56-70(3)4)68-94-98(86,87)92-64-74(81)65-93-99(88,89)95-69-76(67-91-78(83)61-53-45-37-31-30-35-43-51-59-73(8)10-2)97-80(85)63-55-47-39-29-23-17-19-25-33-41-49-57-71(5)6/h70-76,81H,9-69H2,1-8H3,(H,86,87)(H,88,89)/t72?,73?,74-,75-,76-/m1/s1. The van der Waals surface area contributed by atoms with E-state index in [1.54, 1.807) is 0 Å². The molecule has 0 fully saturated rings. The number of aliphatic hydroxyl groups excluding tert-OH is 1. The number of unbranched alkanes of at least 4 members (excludes halogenated alkanes) is 41. The predicted octanol–water partition coefficient (Wildman–Crippen LogP) is 23.6. The SMILES string of the molecule is CCC(C)CCCCCCCCCCCCCCCCC(=O)O[C@H](COC(=O)CCCCCCCCCCCCCCC(C)C)COP(=O)(O)OC[C@@H](O)COP(=O)(O)OC[C@@H](COC(=O)CCCCCCCCCCC(C)CC)OC(=O)CCCCCCCCCCCCCC(C)C. The lowest BCUT2D eigenvalue weighted by molar-refractivity contribution is -0.161. The number of ether oxygens (including phenoxy) is 4. The minimum atomic E-state index is -4.96. The Labute approximate surface area is 607 Å². The second-order valence-corrected chi connectivity index (χ2v) is 33.1. The molecular weight excluding hydrogens is 1290 g/mol. The van der Waals surface area contributed by atoms with E-state index in [0.29, 0.717) is 25.7 Å². The summed E-state index contributed by atoms with van der Waals surface area (Å²) in [5, 5.41) is 10.6. The monoisotopic (exact) mass is 1450 g/mol. The molecule has 7 atom stereocenters. The molecule has 0 bridgehead atoms. The van der Waals surface area contributed by atoms with Gasteiger partial charge in [0, 0.05) is 25.7 Å². The van der Waals surface area contributed by atoms with Crippen LogP contribution in [0.2, 0.25) is 0 Å². The molecule has 0 saturated carbocycles. The van der Waals surface area contributed by atoms with E-state index in [2.05, 4.69) is 55.4 Å². The lowest BCUT2D eigenvalue weighted by atomic mass is 9.99. The van der Waals surface area contributed by atoms with Crippen LogP contribution in [0.1, 0.15) is 409 Å². The van der Waals surface area contributed by atoms with Gasteiger partial charge in [0.15, 0.2) is 12.2 Å². The van der Waals surface area contributed by atoms with Crippen molar-refractivity contribution in [3.63, 3.8) is 0 Å². The first-order chi connectivity index (χ1) is 47.7. The highest BCUT2D eigenvalue weighted by Gasteiger charge is 2.30. The molecular formula is C80H156O17P2. The summed E-state index contributed by atoms with van der Waals surface area (Å²) >= 11 is 0. The quantitative estimate of drug-likeness (QED) is 0.0222. The first-order valence-electron chi connectivity index (χ1n) is 41.3. The Morgan fingerprint density at radius 1 is 0.283 bits per heavy atom. The zero-order chi connectivity index (χ0) is 73.1. The van der Waals surface area contributed by atoms with Crippen molar-refractivity contribution in [2.45, 2.75) is 427 Å². The Bertz CT molecular complexity index is 1940. The summed E-state index contributed by atoms with van der Waals surface area (Å²) in [5.41, 5.74) is 0. The second kappa shape index (κ2) is 69.1. The van der Waals surface area contributed by atoms with E-state index in [9.17, 15) is 43.2 Å². The van der Waals surface area contributed by atoms with E-state index >= 15 is 0 Å². The first kappa shape index (κ1) is 97.1. The number of phosphoric acid groups is 2. The molecule has 0 saturated heterocycles. The lowest BCUT2D eigenvalue weighted by Crippen LogP contribution is -2.30. The molecule has 0 aliphatic carbocycles. The summed E-state index contributed by atoms with van der Waals surface area (Å²) in [7, 11) is -9.92. The fourth-order valence-electron chi connectivity index (χ4n) is 12.2. The Hall–Kier alpha value is -1.94. The first-order valence-corrected chi connectivity index (χ1v) is 44.3. The topological polar surface area (TPSA) is 237 Å². The van der Waals surface area contributed by atoms with Crippen molar-refractivity contribution in [2.24, 2.45) is 23.7 Å². The molecule has 0 aromatic heterocycles. The molecule has 0 aliphatic rings. The smallest absolute Gasteiger partial charge is 0.462 e. The average molecular weight is 1450 g/mol. The van der Waals surface area contributed by atoms with Gasteiger partial charge < -0.3 is 33.8 Å². The maximum atomic E-state index is 13.1. The van der Waals surface area contributed by atoms with E-state index in [1.807, 2.05) is 0 Å². The lowest BCUT2D eigenvalue weighted by Gasteiger charge is -2.21. The van der Waals surface area contributed by atoms with Crippen molar-refractivity contribution in [3.05, 3.63) is 0 Å². The van der Waals surface area contributed by atoms with Crippen LogP contribution >= 0.6 is 15.6 Å². The van der Waals surface area contributed by atoms with Gasteiger partial charge >= 0.3 is 39.5 Å². The number of rotatable bonds is 77. The van der Waals surface area contributed by atoms with E-state index < -0.39 is 97.5 Å². The molecule has 99 heavy (non-hydrogen) atoms. The number of hydrogen-bond donors (Lipinski definition) is 3. The molecule has 588 valence electrons. The third-order valence-electron chi connectivity index (χ3n) is 19.3. The third-order valence-corrected chi connectivity index (χ3v) is 21.2. The van der Waals surface area contributed by atoms with Crippen molar-refractivity contribution in [2.75, 3.05) is 39.6 Å². The van der Waals surface area contributed by atoms with Crippen LogP contribution in [0.25, 0.3) is 0 Å². The highest BCUT2D eigenvalue weighted by Crippen LogP contribution is 2.45. The van der Waals surface area contributed by atoms with Gasteiger partial charge in [0.05, 0.1) is 26.4 Å². The number of esters is 4. The van der Waals surface area contributed by atoms with Gasteiger partial charge in [0.1, 0.15) is 19.3 Å². The van der Waals surface area contributed by atoms with Crippen LogP contribution in [0.3, 0.4) is 0 Å². The number of hydrogen-bond acceptors (Lipinski definition) is 15. The highest BCUT2D eigenvalue weighted by atomic mass is 31.2. The summed E-state index contributed by atoms with van der Waals surface area (Å²) < 4.78 is 68.7. The second-order valence-electron chi connectivity index (χ2n) is 30.2. The molecule has 0 aromatic carbocycles. The number of aliphatic hydroxyl groups is 1. The molecule has 0 aliphatic heterocycles. The normalized spacial score (nSPS) is 14.6. The molecule has 0 spiro atoms. The van der Waals surface area contributed by atoms with Gasteiger partial charge in [0.2, 0.25) is 0 Å². The molecule has 17 nitrogen and oxygen atoms in total. The van der Waals surface area contributed by atoms with E-state index in [4.69, 9.17) is 37.0 Å². The summed E-state index contributed by atoms with van der Waals surface area (Å²) in [6.07, 6.45) is 55.3. The van der Waals surface area contributed by atoms with Crippen LogP contribution in [0.15, 0.2) is 0 Å². The summed E-state index contributed by atoms with van der Waals surface area (Å²) in [5.74, 6) is 1.06. The Kier molecular flexibility index (Phi) is 67.8. The molecule has 0 amide bonds. The minimum absolute atomic E-state index is 0.106. The fraction of sp³-hybridized carbons (Fsp3) is 0.950. The Morgan fingerprint density at radius 3 is 0.717 bits per heavy atom. The van der Waals surface area contributed by atoms with Gasteiger partial charge in [0.25, 0.3) is 0 Å². The number of carbonyl (C=O) groups is 4. The zero-order valence-corrected chi connectivity index (χ0v) is 66.9. The Balaban J connectivity index is 5.28. The summed E-state index contributed by atoms with van der Waals surface area (Å²) in [4.78, 5) is 73.0. The highest BCUT2D eigenvalue weighted by molar-refractivity contribution is 7.47. The minimum Gasteiger partial charge on any atom is -0.462 e. The van der Waals surface area contributed by atoms with Crippen molar-refractivity contribution in [1.82, 2.24) is 0 Å². The van der Waals surface area contributed by atoms with Crippen LogP contribution in [0.4, 0.5) is 0 Å². The third kappa shape index (κ3) is 71.5. The zero-order valence-electron chi connectivity index (χ0n) is 65.1. The van der Waals surface area contributed by atoms with E-state index in [1.165, 1.54) is 212 Å². The molecule has 19 heteroatoms. The van der Waals surface area contributed by atoms with Crippen molar-refractivity contribution >= 4 is 39.5 Å². The van der Waals surface area contributed by atoms with Crippen molar-refractivity contribution in [3.8, 4) is 0 Å². The number of phosphoric ester groups is 2. The van der Waals surface area contributed by atoms with Crippen LogP contribution in [-0.2, 0) is 65.4 Å². The fourth-order valence-corrected chi connectivity index (χ4v) is 13.8. The molecule has 4 unspecified atom stereocenters. The molecule has 0 rings (SSSR count). The largest absolute Gasteiger partial charge is 0.472 e. The van der Waals surface area contributed by atoms with Gasteiger partial charge in [-0.1, -0.05) is 357 Å². The van der Waals surface area contributed by atoms with Crippen molar-refractivity contribution in [1.29, 1.82) is 0 Å². The maximum absolute atomic E-state index is 13.1. The van der Waals surface area contributed by atoms with Gasteiger partial charge in [-0.05, 0) is 49.4 Å². The van der Waals surface area contributed by atoms with Gasteiger partial charge in [-0.25, -0.2) is 9.13 Å². The van der Waals surface area contributed by atoms with Gasteiger partial charge in [-0.15, -0.1) is 0 Å². The summed E-state index contributed by atoms with van der Waals surface area (Å²) in [6, 6.07) is 0. The van der Waals surface area contributed by atoms with Crippen LogP contribution in [0, 0.1) is 23.7 Å². The van der Waals surface area contributed by atoms with E-state index in [0.717, 1.165) is 114 Å². The molecule has 0 aromatic rings. The molecule has 0 radical (unpaired) electrons. The molecule has 3 N–H and O–H groups in total. The average Bonchev–Trinajstić information content (AvgIpc) is 0.966. The van der Waals surface area contributed by atoms with Crippen LogP contribution < -0.4 is 0 Å². The van der Waals surface area contributed by atoms with Gasteiger partial charge in [-0.2, -0.15) is 0 Å². The number of carbonyl (C=O) groups excluding carboxylic acids is 4. The summed E-state index contributed by atoms with van der Waals surface area (Å²) in [6.45, 7) is 14.3. The van der Waals surface area contributed by atoms with Crippen LogP contribution in [-0.4, -0.2) is 96.7 Å². The Morgan fingerprint density at radius 2 is 0.485 bits per heavy atom. The molecule has 0 heterocycles. The maximum Gasteiger partial charge on any atom is 0.472 e. The predicted molar refractivity (Wildman–Crippen MR) is 404 cm³/mol.